The summed E-state index contributed by atoms with van der Waals surface area (Å²) < 4.78 is 0. The number of aliphatic hydroxyl groups excluding tert-OH is 1. The lowest BCUT2D eigenvalue weighted by atomic mass is 9.96. The van der Waals surface area contributed by atoms with Gasteiger partial charge in [-0.1, -0.05) is 0 Å². The molecule has 0 aliphatic carbocycles. The molecule has 0 aromatic carbocycles. The zero-order chi connectivity index (χ0) is 12.0. The summed E-state index contributed by atoms with van der Waals surface area (Å²) in [6, 6.07) is 0. The number of carboxylic acid groups (broad SMARTS) is 1. The Morgan fingerprint density at radius 3 is 2.81 bits per heavy atom. The Hall–Kier alpha value is -1.14. The molecule has 1 amide bonds. The summed E-state index contributed by atoms with van der Waals surface area (Å²) in [5.41, 5.74) is 0. The lowest BCUT2D eigenvalue weighted by Gasteiger charge is -2.22. The van der Waals surface area contributed by atoms with Gasteiger partial charge in [0.25, 0.3) is 0 Å². The van der Waals surface area contributed by atoms with E-state index in [1.807, 2.05) is 0 Å². The van der Waals surface area contributed by atoms with Crippen LogP contribution in [0.3, 0.4) is 0 Å². The van der Waals surface area contributed by atoms with E-state index in [1.54, 1.807) is 0 Å². The molecule has 6 nitrogen and oxygen atoms in total. The Bertz CT molecular complexity index is 251. The van der Waals surface area contributed by atoms with Crippen molar-refractivity contribution >= 4 is 11.9 Å². The van der Waals surface area contributed by atoms with E-state index in [-0.39, 0.29) is 12.5 Å². The molecule has 0 aromatic heterocycles. The van der Waals surface area contributed by atoms with E-state index >= 15 is 0 Å². The van der Waals surface area contributed by atoms with Crippen LogP contribution in [0.2, 0.25) is 0 Å². The molecule has 1 saturated heterocycles. The lowest BCUT2D eigenvalue weighted by molar-refractivity contribution is -0.146. The van der Waals surface area contributed by atoms with E-state index in [2.05, 4.69) is 10.6 Å². The first-order chi connectivity index (χ1) is 7.59. The van der Waals surface area contributed by atoms with E-state index < -0.39 is 12.1 Å². The Kier molecular flexibility index (Phi) is 5.21. The number of piperidine rings is 1. The first-order valence-corrected chi connectivity index (χ1v) is 5.48. The van der Waals surface area contributed by atoms with E-state index in [0.717, 1.165) is 25.9 Å². The third kappa shape index (κ3) is 4.59. The number of hydrogen-bond donors (Lipinski definition) is 4. The summed E-state index contributed by atoms with van der Waals surface area (Å²) >= 11 is 0. The van der Waals surface area contributed by atoms with Crippen LogP contribution in [0.25, 0.3) is 0 Å². The molecular formula is C10H18N2O4. The predicted octanol–water partition coefficient (Wildman–Crippen LogP) is -1.06. The van der Waals surface area contributed by atoms with Gasteiger partial charge in [0.05, 0.1) is 6.54 Å². The maximum Gasteiger partial charge on any atom is 0.334 e. The number of carbonyl (C=O) groups excluding carboxylic acids is 1. The first-order valence-electron chi connectivity index (χ1n) is 5.48. The highest BCUT2D eigenvalue weighted by atomic mass is 16.4. The molecule has 0 radical (unpaired) electrons. The number of aliphatic hydroxyl groups is 1. The number of amides is 1. The van der Waals surface area contributed by atoms with Crippen LogP contribution in [0.15, 0.2) is 0 Å². The van der Waals surface area contributed by atoms with Crippen molar-refractivity contribution in [3.8, 4) is 0 Å². The average Bonchev–Trinajstić information content (AvgIpc) is 2.27. The Labute approximate surface area is 94.0 Å². The fourth-order valence-corrected chi connectivity index (χ4v) is 1.73. The van der Waals surface area contributed by atoms with Crippen molar-refractivity contribution in [2.75, 3.05) is 19.6 Å². The van der Waals surface area contributed by atoms with Crippen LogP contribution in [0, 0.1) is 5.92 Å². The third-order valence-corrected chi connectivity index (χ3v) is 2.65. The van der Waals surface area contributed by atoms with Crippen molar-refractivity contribution in [3.05, 3.63) is 0 Å². The molecule has 1 aliphatic rings. The number of carbonyl (C=O) groups is 2. The number of hydrogen-bond acceptors (Lipinski definition) is 4. The van der Waals surface area contributed by atoms with E-state index in [4.69, 9.17) is 10.2 Å². The van der Waals surface area contributed by atoms with Crippen molar-refractivity contribution in [1.29, 1.82) is 0 Å². The molecule has 0 aromatic rings. The molecule has 0 spiro atoms. The van der Waals surface area contributed by atoms with Gasteiger partial charge < -0.3 is 20.8 Å². The maximum atomic E-state index is 11.4. The van der Waals surface area contributed by atoms with Crippen molar-refractivity contribution in [2.24, 2.45) is 5.92 Å². The van der Waals surface area contributed by atoms with Gasteiger partial charge in [-0.3, -0.25) is 4.79 Å². The topological polar surface area (TPSA) is 98.7 Å². The number of aliphatic carboxylic acids is 1. The van der Waals surface area contributed by atoms with Crippen LogP contribution < -0.4 is 10.6 Å². The van der Waals surface area contributed by atoms with Crippen molar-refractivity contribution in [3.63, 3.8) is 0 Å². The normalized spacial score (nSPS) is 22.4. The molecule has 1 aliphatic heterocycles. The fraction of sp³-hybridized carbons (Fsp3) is 0.800. The van der Waals surface area contributed by atoms with E-state index in [1.165, 1.54) is 0 Å². The molecule has 0 bridgehead atoms. The van der Waals surface area contributed by atoms with Crippen LogP contribution in [-0.4, -0.2) is 47.8 Å². The number of carboxylic acids is 1. The Morgan fingerprint density at radius 2 is 2.25 bits per heavy atom. The first kappa shape index (κ1) is 12.9. The summed E-state index contributed by atoms with van der Waals surface area (Å²) in [4.78, 5) is 21.7. The molecule has 1 rings (SSSR count). The molecule has 92 valence electrons. The van der Waals surface area contributed by atoms with Gasteiger partial charge >= 0.3 is 5.97 Å². The standard InChI is InChI=1S/C10H18N2O4/c13-8(10(15)16)6-12-9(14)4-7-2-1-3-11-5-7/h7-8,11,13H,1-6H2,(H,12,14)(H,15,16). The molecule has 1 heterocycles. The number of nitrogens with one attached hydrogen (secondary N) is 2. The Balaban J connectivity index is 2.17. The minimum absolute atomic E-state index is 0.200. The monoisotopic (exact) mass is 230 g/mol. The van der Waals surface area contributed by atoms with Crippen LogP contribution in [0.4, 0.5) is 0 Å². The fourth-order valence-electron chi connectivity index (χ4n) is 1.73. The van der Waals surface area contributed by atoms with Gasteiger partial charge in [-0.15, -0.1) is 0 Å². The molecule has 2 atom stereocenters. The van der Waals surface area contributed by atoms with Gasteiger partial charge in [-0.25, -0.2) is 4.79 Å². The minimum atomic E-state index is -1.52. The second kappa shape index (κ2) is 6.44. The second-order valence-corrected chi connectivity index (χ2v) is 4.07. The molecule has 0 saturated carbocycles. The average molecular weight is 230 g/mol. The highest BCUT2D eigenvalue weighted by Gasteiger charge is 2.18. The SMILES string of the molecule is O=C(CC1CCCNC1)NCC(O)C(=O)O. The Morgan fingerprint density at radius 1 is 1.50 bits per heavy atom. The zero-order valence-corrected chi connectivity index (χ0v) is 9.11. The minimum Gasteiger partial charge on any atom is -0.479 e. The molecule has 6 heteroatoms. The van der Waals surface area contributed by atoms with Crippen LogP contribution >= 0.6 is 0 Å². The highest BCUT2D eigenvalue weighted by molar-refractivity contribution is 5.78. The van der Waals surface area contributed by atoms with Gasteiger partial charge in [0, 0.05) is 6.42 Å². The third-order valence-electron chi connectivity index (χ3n) is 2.65. The molecule has 4 N–H and O–H groups in total. The van der Waals surface area contributed by atoms with E-state index in [0.29, 0.717) is 12.3 Å². The predicted molar refractivity (Wildman–Crippen MR) is 56.9 cm³/mol. The maximum absolute atomic E-state index is 11.4. The van der Waals surface area contributed by atoms with Crippen molar-refractivity contribution < 1.29 is 19.8 Å². The summed E-state index contributed by atoms with van der Waals surface area (Å²) in [6.07, 6.45) is 0.949. The van der Waals surface area contributed by atoms with Gasteiger partial charge in [0.15, 0.2) is 6.10 Å². The summed E-state index contributed by atoms with van der Waals surface area (Å²) in [7, 11) is 0. The van der Waals surface area contributed by atoms with Crippen molar-refractivity contribution in [2.45, 2.75) is 25.4 Å². The zero-order valence-electron chi connectivity index (χ0n) is 9.11. The summed E-state index contributed by atoms with van der Waals surface area (Å²) in [5.74, 6) is -1.20. The van der Waals surface area contributed by atoms with Gasteiger partial charge in [-0.05, 0) is 31.8 Å². The van der Waals surface area contributed by atoms with Gasteiger partial charge in [0.1, 0.15) is 0 Å². The van der Waals surface area contributed by atoms with Crippen LogP contribution in [0.1, 0.15) is 19.3 Å². The van der Waals surface area contributed by atoms with Crippen LogP contribution in [0.5, 0.6) is 0 Å². The lowest BCUT2D eigenvalue weighted by Crippen LogP contribution is -2.39. The van der Waals surface area contributed by atoms with Gasteiger partial charge in [0.2, 0.25) is 5.91 Å². The molecular weight excluding hydrogens is 212 g/mol. The quantitative estimate of drug-likeness (QED) is 0.482. The smallest absolute Gasteiger partial charge is 0.334 e. The summed E-state index contributed by atoms with van der Waals surface area (Å²) in [5, 5.41) is 23.0. The largest absolute Gasteiger partial charge is 0.479 e. The van der Waals surface area contributed by atoms with Crippen LogP contribution in [-0.2, 0) is 9.59 Å². The van der Waals surface area contributed by atoms with Gasteiger partial charge in [-0.2, -0.15) is 0 Å². The number of rotatable bonds is 5. The van der Waals surface area contributed by atoms with Crippen molar-refractivity contribution in [1.82, 2.24) is 10.6 Å². The molecule has 1 fully saturated rings. The highest BCUT2D eigenvalue weighted by Crippen LogP contribution is 2.13. The summed E-state index contributed by atoms with van der Waals surface area (Å²) in [6.45, 7) is 1.60. The molecule has 2 unspecified atom stereocenters. The second-order valence-electron chi connectivity index (χ2n) is 4.07. The molecule has 16 heavy (non-hydrogen) atoms. The van der Waals surface area contributed by atoms with E-state index in [9.17, 15) is 9.59 Å².